The molecule has 0 bridgehead atoms. The van der Waals surface area contributed by atoms with Crippen LogP contribution in [0.1, 0.15) is 38.3 Å². The third kappa shape index (κ3) is 7.44. The third-order valence-corrected chi connectivity index (χ3v) is 8.37. The first kappa shape index (κ1) is 28.9. The van der Waals surface area contributed by atoms with Crippen molar-refractivity contribution >= 4 is 27.5 Å². The maximum absolute atomic E-state index is 13.8. The summed E-state index contributed by atoms with van der Waals surface area (Å²) in [7, 11) is -4.05. The van der Waals surface area contributed by atoms with E-state index in [0.29, 0.717) is 12.1 Å². The average Bonchev–Trinajstić information content (AvgIpc) is 2.93. The molecule has 38 heavy (non-hydrogen) atoms. The molecular weight excluding hydrogens is 498 g/mol. The van der Waals surface area contributed by atoms with Gasteiger partial charge in [-0.1, -0.05) is 73.2 Å². The third-order valence-electron chi connectivity index (χ3n) is 6.58. The molecule has 202 valence electrons. The number of anilines is 1. The normalized spacial score (nSPS) is 12.8. The Balaban J connectivity index is 1.95. The molecule has 0 spiro atoms. The fourth-order valence-electron chi connectivity index (χ4n) is 4.00. The van der Waals surface area contributed by atoms with Crippen LogP contribution < -0.4 is 9.62 Å². The summed E-state index contributed by atoms with van der Waals surface area (Å²) >= 11 is 0. The average molecular weight is 536 g/mol. The minimum Gasteiger partial charge on any atom is -0.352 e. The van der Waals surface area contributed by atoms with Gasteiger partial charge in [-0.3, -0.25) is 13.9 Å². The summed E-state index contributed by atoms with van der Waals surface area (Å²) < 4.78 is 28.6. The molecule has 0 heterocycles. The molecule has 0 saturated heterocycles. The summed E-state index contributed by atoms with van der Waals surface area (Å²) in [6.45, 7) is 7.31. The minimum atomic E-state index is -4.05. The molecule has 0 aliphatic rings. The molecule has 8 heteroatoms. The second-order valence-electron chi connectivity index (χ2n) is 9.48. The molecule has 0 aliphatic carbocycles. The topological polar surface area (TPSA) is 86.8 Å². The van der Waals surface area contributed by atoms with E-state index in [0.717, 1.165) is 21.9 Å². The number of aryl methyl sites for hydroxylation is 1. The maximum Gasteiger partial charge on any atom is 0.264 e. The smallest absolute Gasteiger partial charge is 0.264 e. The van der Waals surface area contributed by atoms with Gasteiger partial charge in [0.25, 0.3) is 10.0 Å². The molecule has 0 aromatic heterocycles. The number of hydrogen-bond acceptors (Lipinski definition) is 4. The van der Waals surface area contributed by atoms with Crippen LogP contribution in [0.3, 0.4) is 0 Å². The van der Waals surface area contributed by atoms with Crippen molar-refractivity contribution in [3.8, 4) is 0 Å². The zero-order valence-electron chi connectivity index (χ0n) is 22.5. The number of benzene rings is 3. The highest BCUT2D eigenvalue weighted by Crippen LogP contribution is 2.24. The van der Waals surface area contributed by atoms with E-state index in [1.165, 1.54) is 17.0 Å². The van der Waals surface area contributed by atoms with Crippen molar-refractivity contribution in [2.75, 3.05) is 17.4 Å². The quantitative estimate of drug-likeness (QED) is 0.368. The lowest BCUT2D eigenvalue weighted by molar-refractivity contribution is -0.139. The van der Waals surface area contributed by atoms with Crippen molar-refractivity contribution in [2.45, 2.75) is 57.5 Å². The molecule has 0 fully saturated rings. The van der Waals surface area contributed by atoms with Crippen molar-refractivity contribution in [3.05, 3.63) is 96.1 Å². The first-order chi connectivity index (χ1) is 18.1. The molecule has 3 aromatic carbocycles. The van der Waals surface area contributed by atoms with Crippen LogP contribution in [0.4, 0.5) is 5.69 Å². The number of nitrogens with one attached hydrogen (secondary N) is 1. The molecule has 0 radical (unpaired) electrons. The predicted molar refractivity (Wildman–Crippen MR) is 151 cm³/mol. The van der Waals surface area contributed by atoms with Crippen molar-refractivity contribution < 1.29 is 18.0 Å². The van der Waals surface area contributed by atoms with E-state index in [4.69, 9.17) is 0 Å². The van der Waals surface area contributed by atoms with E-state index < -0.39 is 28.5 Å². The Hall–Kier alpha value is -3.65. The van der Waals surface area contributed by atoms with Crippen molar-refractivity contribution in [3.63, 3.8) is 0 Å². The SMILES string of the molecule is CCC(C)NC(=O)C(C)N(CCc1ccccc1)C(=O)CN(c1ccc(C)cc1)S(=O)(=O)c1ccccc1. The fraction of sp³-hybridized carbons (Fsp3) is 0.333. The van der Waals surface area contributed by atoms with Crippen LogP contribution >= 0.6 is 0 Å². The summed E-state index contributed by atoms with van der Waals surface area (Å²) in [6.07, 6.45) is 1.29. The van der Waals surface area contributed by atoms with Crippen molar-refractivity contribution in [2.24, 2.45) is 0 Å². The Kier molecular flexibility index (Phi) is 10.1. The van der Waals surface area contributed by atoms with Gasteiger partial charge in [0.2, 0.25) is 11.8 Å². The van der Waals surface area contributed by atoms with E-state index in [1.54, 1.807) is 37.3 Å². The lowest BCUT2D eigenvalue weighted by Gasteiger charge is -2.32. The first-order valence-electron chi connectivity index (χ1n) is 12.9. The van der Waals surface area contributed by atoms with Gasteiger partial charge >= 0.3 is 0 Å². The van der Waals surface area contributed by atoms with Crippen LogP contribution in [0.2, 0.25) is 0 Å². The molecule has 0 aliphatic heterocycles. The Morgan fingerprint density at radius 2 is 1.45 bits per heavy atom. The summed E-state index contributed by atoms with van der Waals surface area (Å²) in [4.78, 5) is 28.4. The van der Waals surface area contributed by atoms with Gasteiger partial charge in [-0.25, -0.2) is 8.42 Å². The molecule has 3 rings (SSSR count). The Morgan fingerprint density at radius 3 is 2.03 bits per heavy atom. The van der Waals surface area contributed by atoms with Gasteiger partial charge in [-0.2, -0.15) is 0 Å². The number of amides is 2. The van der Waals surface area contributed by atoms with Gasteiger partial charge in [-0.05, 0) is 63.4 Å². The van der Waals surface area contributed by atoms with Gasteiger partial charge in [0.05, 0.1) is 10.6 Å². The summed E-state index contributed by atoms with van der Waals surface area (Å²) in [5, 5.41) is 2.95. The molecule has 2 amide bonds. The highest BCUT2D eigenvalue weighted by Gasteiger charge is 2.32. The van der Waals surface area contributed by atoms with Crippen LogP contribution in [-0.2, 0) is 26.0 Å². The summed E-state index contributed by atoms with van der Waals surface area (Å²) in [5.74, 6) is -0.721. The van der Waals surface area contributed by atoms with Crippen molar-refractivity contribution in [1.29, 1.82) is 0 Å². The highest BCUT2D eigenvalue weighted by molar-refractivity contribution is 7.92. The van der Waals surface area contributed by atoms with E-state index in [-0.39, 0.29) is 23.4 Å². The fourth-order valence-corrected chi connectivity index (χ4v) is 5.43. The standard InChI is InChI=1S/C30H37N3O4S/c1-5-24(3)31-30(35)25(4)32(21-20-26-12-8-6-9-13-26)29(34)22-33(27-18-16-23(2)17-19-27)38(36,37)28-14-10-7-11-15-28/h6-19,24-25H,5,20-22H2,1-4H3,(H,31,35). The number of rotatable bonds is 12. The summed E-state index contributed by atoms with van der Waals surface area (Å²) in [6, 6.07) is 23.9. The van der Waals surface area contributed by atoms with Crippen LogP contribution in [-0.4, -0.2) is 50.3 Å². The van der Waals surface area contributed by atoms with E-state index in [2.05, 4.69) is 5.32 Å². The highest BCUT2D eigenvalue weighted by atomic mass is 32.2. The Bertz CT molecular complexity index is 1300. The van der Waals surface area contributed by atoms with Gasteiger partial charge < -0.3 is 10.2 Å². The van der Waals surface area contributed by atoms with E-state index in [9.17, 15) is 18.0 Å². The molecule has 2 atom stereocenters. The second kappa shape index (κ2) is 13.2. The summed E-state index contributed by atoms with van der Waals surface area (Å²) in [5.41, 5.74) is 2.37. The minimum absolute atomic E-state index is 0.0430. The number of sulfonamides is 1. The lowest BCUT2D eigenvalue weighted by Crippen LogP contribution is -2.53. The number of carbonyl (C=O) groups is 2. The zero-order valence-corrected chi connectivity index (χ0v) is 23.3. The molecule has 2 unspecified atom stereocenters. The second-order valence-corrected chi connectivity index (χ2v) is 11.3. The molecular formula is C30H37N3O4S. The Morgan fingerprint density at radius 1 is 0.868 bits per heavy atom. The van der Waals surface area contributed by atoms with Crippen LogP contribution in [0.25, 0.3) is 0 Å². The van der Waals surface area contributed by atoms with Gasteiger partial charge in [0, 0.05) is 12.6 Å². The van der Waals surface area contributed by atoms with Crippen LogP contribution in [0, 0.1) is 6.92 Å². The molecule has 1 N–H and O–H groups in total. The number of nitrogens with zero attached hydrogens (tertiary/aromatic N) is 2. The van der Waals surface area contributed by atoms with Gasteiger partial charge in [0.1, 0.15) is 12.6 Å². The van der Waals surface area contributed by atoms with Crippen LogP contribution in [0.5, 0.6) is 0 Å². The van der Waals surface area contributed by atoms with Crippen LogP contribution in [0.15, 0.2) is 89.8 Å². The molecule has 3 aromatic rings. The zero-order chi connectivity index (χ0) is 27.7. The van der Waals surface area contributed by atoms with E-state index in [1.807, 2.05) is 63.2 Å². The van der Waals surface area contributed by atoms with Gasteiger partial charge in [0.15, 0.2) is 0 Å². The Labute approximate surface area is 226 Å². The predicted octanol–water partition coefficient (Wildman–Crippen LogP) is 4.56. The first-order valence-corrected chi connectivity index (χ1v) is 14.4. The largest absolute Gasteiger partial charge is 0.352 e. The number of carbonyl (C=O) groups excluding carboxylic acids is 2. The molecule has 0 saturated carbocycles. The van der Waals surface area contributed by atoms with E-state index >= 15 is 0 Å². The molecule has 7 nitrogen and oxygen atoms in total. The maximum atomic E-state index is 13.8. The lowest BCUT2D eigenvalue weighted by atomic mass is 10.1. The monoisotopic (exact) mass is 535 g/mol. The van der Waals surface area contributed by atoms with Gasteiger partial charge in [-0.15, -0.1) is 0 Å². The number of hydrogen-bond donors (Lipinski definition) is 1. The van der Waals surface area contributed by atoms with Crippen molar-refractivity contribution in [1.82, 2.24) is 10.2 Å².